The highest BCUT2D eigenvalue weighted by molar-refractivity contribution is 5.91. The molecule has 37 heavy (non-hydrogen) atoms. The first kappa shape index (κ1) is 25.0. The Morgan fingerprint density at radius 1 is 1.16 bits per heavy atom. The van der Waals surface area contributed by atoms with Crippen molar-refractivity contribution in [3.63, 3.8) is 0 Å². The molecule has 0 radical (unpaired) electrons. The molecule has 2 amide bonds. The van der Waals surface area contributed by atoms with Crippen molar-refractivity contribution in [3.05, 3.63) is 88.6 Å². The molecule has 2 aliphatic rings. The summed E-state index contributed by atoms with van der Waals surface area (Å²) in [5.74, 6) is 0.744. The molecule has 0 bridgehead atoms. The number of nitrogens with one attached hydrogen (secondary N) is 1. The topological polar surface area (TPSA) is 81.0 Å². The standard InChI is InChI=1S/C29H31FN2O5/c1-2-27(33)32-13-12-19-8-9-22(16-25(19)28(32)20-5-3-6-21(30)15-20)36-18-24-10-11-26(37-24)29(34)31-17-23-7-4-14-35-23/h3,5-6,8-11,15-16,23,28H,2,4,7,12-14,17-18H2,1H3,(H,31,34)/t23-,28+/m1/s1. The van der Waals surface area contributed by atoms with Crippen molar-refractivity contribution in [1.29, 1.82) is 0 Å². The maximum atomic E-state index is 14.1. The molecule has 1 fully saturated rings. The van der Waals surface area contributed by atoms with Gasteiger partial charge in [-0.25, -0.2) is 4.39 Å². The number of rotatable bonds is 8. The number of hydrogen-bond acceptors (Lipinski definition) is 5. The lowest BCUT2D eigenvalue weighted by Crippen LogP contribution is -2.40. The Balaban J connectivity index is 1.30. The fourth-order valence-electron chi connectivity index (χ4n) is 5.02. The van der Waals surface area contributed by atoms with Gasteiger partial charge >= 0.3 is 0 Å². The molecule has 0 unspecified atom stereocenters. The van der Waals surface area contributed by atoms with Crippen LogP contribution in [0.25, 0.3) is 0 Å². The van der Waals surface area contributed by atoms with Crippen LogP contribution in [0.3, 0.4) is 0 Å². The number of hydrogen-bond donors (Lipinski definition) is 1. The number of carbonyl (C=O) groups is 2. The Hall–Kier alpha value is -3.65. The minimum Gasteiger partial charge on any atom is -0.486 e. The maximum absolute atomic E-state index is 14.1. The van der Waals surface area contributed by atoms with E-state index in [9.17, 15) is 14.0 Å². The summed E-state index contributed by atoms with van der Waals surface area (Å²) in [5, 5.41) is 2.85. The molecule has 2 aromatic carbocycles. The van der Waals surface area contributed by atoms with E-state index in [4.69, 9.17) is 13.9 Å². The Kier molecular flexibility index (Phi) is 7.55. The van der Waals surface area contributed by atoms with E-state index in [0.29, 0.717) is 31.0 Å². The van der Waals surface area contributed by atoms with Crippen LogP contribution in [0, 0.1) is 5.82 Å². The molecule has 1 N–H and O–H groups in total. The Labute approximate surface area is 215 Å². The minimum absolute atomic E-state index is 0.0205. The minimum atomic E-state index is -0.391. The van der Waals surface area contributed by atoms with Crippen LogP contribution >= 0.6 is 0 Å². The van der Waals surface area contributed by atoms with E-state index < -0.39 is 6.04 Å². The molecule has 3 heterocycles. The van der Waals surface area contributed by atoms with Gasteiger partial charge in [-0.3, -0.25) is 9.59 Å². The first-order valence-electron chi connectivity index (χ1n) is 12.8. The van der Waals surface area contributed by atoms with E-state index in [1.807, 2.05) is 36.1 Å². The Bertz CT molecular complexity index is 1270. The van der Waals surface area contributed by atoms with Crippen LogP contribution in [0.5, 0.6) is 5.75 Å². The summed E-state index contributed by atoms with van der Waals surface area (Å²) in [6.07, 6.45) is 3.12. The largest absolute Gasteiger partial charge is 0.486 e. The Morgan fingerprint density at radius 3 is 2.84 bits per heavy atom. The second kappa shape index (κ2) is 11.2. The van der Waals surface area contributed by atoms with Crippen molar-refractivity contribution >= 4 is 11.8 Å². The lowest BCUT2D eigenvalue weighted by molar-refractivity contribution is -0.132. The fourth-order valence-corrected chi connectivity index (χ4v) is 5.02. The average Bonchev–Trinajstić information content (AvgIpc) is 3.62. The van der Waals surface area contributed by atoms with Gasteiger partial charge in [0.15, 0.2) is 5.76 Å². The molecule has 1 aromatic heterocycles. The van der Waals surface area contributed by atoms with Crippen LogP contribution in [0.2, 0.25) is 0 Å². The number of carbonyl (C=O) groups excluding carboxylic acids is 2. The summed E-state index contributed by atoms with van der Waals surface area (Å²) in [6, 6.07) is 15.2. The summed E-state index contributed by atoms with van der Waals surface area (Å²) in [4.78, 5) is 27.0. The van der Waals surface area contributed by atoms with Crippen molar-refractivity contribution < 1.29 is 27.9 Å². The fraction of sp³-hybridized carbons (Fsp3) is 0.379. The highest BCUT2D eigenvalue weighted by Gasteiger charge is 2.32. The van der Waals surface area contributed by atoms with Crippen LogP contribution in [0.15, 0.2) is 59.0 Å². The number of furan rings is 1. The van der Waals surface area contributed by atoms with Crippen LogP contribution in [-0.4, -0.2) is 42.5 Å². The van der Waals surface area contributed by atoms with E-state index >= 15 is 0 Å². The number of fused-ring (bicyclic) bond motifs is 1. The second-order valence-electron chi connectivity index (χ2n) is 9.41. The first-order chi connectivity index (χ1) is 18.0. The third-order valence-corrected chi connectivity index (χ3v) is 6.91. The van der Waals surface area contributed by atoms with Gasteiger partial charge in [0.05, 0.1) is 12.1 Å². The predicted octanol–water partition coefficient (Wildman–Crippen LogP) is 4.79. The molecule has 194 valence electrons. The monoisotopic (exact) mass is 506 g/mol. The smallest absolute Gasteiger partial charge is 0.287 e. The molecular formula is C29H31FN2O5. The van der Waals surface area contributed by atoms with Crippen LogP contribution in [0.4, 0.5) is 4.39 Å². The van der Waals surface area contributed by atoms with Crippen molar-refractivity contribution in [2.45, 2.75) is 51.4 Å². The molecule has 5 rings (SSSR count). The molecule has 3 aromatic rings. The summed E-state index contributed by atoms with van der Waals surface area (Å²) in [5.41, 5.74) is 2.75. The number of halogens is 1. The SMILES string of the molecule is CCC(=O)N1CCc2ccc(OCc3ccc(C(=O)NC[C@H]4CCCO4)o3)cc2[C@@H]1c1cccc(F)c1. The van der Waals surface area contributed by atoms with Crippen molar-refractivity contribution in [3.8, 4) is 5.75 Å². The zero-order valence-electron chi connectivity index (χ0n) is 20.9. The third-order valence-electron chi connectivity index (χ3n) is 6.91. The zero-order valence-corrected chi connectivity index (χ0v) is 20.9. The average molecular weight is 507 g/mol. The van der Waals surface area contributed by atoms with E-state index in [2.05, 4.69) is 5.32 Å². The van der Waals surface area contributed by atoms with Crippen LogP contribution in [-0.2, 0) is 22.6 Å². The lowest BCUT2D eigenvalue weighted by Gasteiger charge is -2.38. The molecule has 0 spiro atoms. The van der Waals surface area contributed by atoms with Crippen molar-refractivity contribution in [2.24, 2.45) is 0 Å². The third kappa shape index (κ3) is 5.69. The summed E-state index contributed by atoms with van der Waals surface area (Å²) in [7, 11) is 0. The molecule has 0 aliphatic carbocycles. The predicted molar refractivity (Wildman–Crippen MR) is 135 cm³/mol. The number of nitrogens with zero attached hydrogens (tertiary/aromatic N) is 1. The molecule has 8 heteroatoms. The van der Waals surface area contributed by atoms with E-state index in [1.165, 1.54) is 12.1 Å². The van der Waals surface area contributed by atoms with Gasteiger partial charge in [-0.1, -0.05) is 25.1 Å². The quantitative estimate of drug-likeness (QED) is 0.475. The first-order valence-corrected chi connectivity index (χ1v) is 12.8. The number of amides is 2. The summed E-state index contributed by atoms with van der Waals surface area (Å²) >= 11 is 0. The maximum Gasteiger partial charge on any atom is 0.287 e. The summed E-state index contributed by atoms with van der Waals surface area (Å²) < 4.78 is 31.3. The van der Waals surface area contributed by atoms with Gasteiger partial charge in [0.2, 0.25) is 5.91 Å². The van der Waals surface area contributed by atoms with E-state index in [-0.39, 0.29) is 36.1 Å². The molecule has 7 nitrogen and oxygen atoms in total. The summed E-state index contributed by atoms with van der Waals surface area (Å²) in [6.45, 7) is 3.75. The number of benzene rings is 2. The zero-order chi connectivity index (χ0) is 25.8. The van der Waals surface area contributed by atoms with E-state index in [0.717, 1.165) is 42.6 Å². The van der Waals surface area contributed by atoms with Crippen LogP contribution < -0.4 is 10.1 Å². The highest BCUT2D eigenvalue weighted by Crippen LogP contribution is 2.38. The molecule has 2 atom stereocenters. The molecule has 0 saturated carbocycles. The van der Waals surface area contributed by atoms with Gasteiger partial charge < -0.3 is 24.1 Å². The van der Waals surface area contributed by atoms with Gasteiger partial charge in [0.25, 0.3) is 5.91 Å². The van der Waals surface area contributed by atoms with Gasteiger partial charge in [0.1, 0.15) is 23.9 Å². The second-order valence-corrected chi connectivity index (χ2v) is 9.41. The highest BCUT2D eigenvalue weighted by atomic mass is 19.1. The van der Waals surface area contributed by atoms with Crippen molar-refractivity contribution in [2.75, 3.05) is 19.7 Å². The molecule has 1 saturated heterocycles. The Morgan fingerprint density at radius 2 is 2.05 bits per heavy atom. The molecule has 2 aliphatic heterocycles. The van der Waals surface area contributed by atoms with E-state index in [1.54, 1.807) is 18.2 Å². The van der Waals surface area contributed by atoms with Crippen LogP contribution in [0.1, 0.15) is 65.2 Å². The van der Waals surface area contributed by atoms with Gasteiger partial charge in [0, 0.05) is 26.1 Å². The van der Waals surface area contributed by atoms with Gasteiger partial charge in [-0.05, 0) is 72.4 Å². The normalized spacial score (nSPS) is 18.9. The molecular weight excluding hydrogens is 475 g/mol. The lowest BCUT2D eigenvalue weighted by atomic mass is 9.87. The van der Waals surface area contributed by atoms with Gasteiger partial charge in [-0.15, -0.1) is 0 Å². The number of ether oxygens (including phenoxy) is 2. The van der Waals surface area contributed by atoms with Gasteiger partial charge in [-0.2, -0.15) is 0 Å². The van der Waals surface area contributed by atoms with Crippen molar-refractivity contribution in [1.82, 2.24) is 10.2 Å².